The van der Waals surface area contributed by atoms with E-state index in [0.717, 1.165) is 0 Å². The highest BCUT2D eigenvalue weighted by atomic mass is 15.1. The Kier molecular flexibility index (Phi) is 1.87. The molecule has 0 rings (SSSR count). The van der Waals surface area contributed by atoms with Crippen LogP contribution in [0.4, 0.5) is 0 Å². The highest BCUT2D eigenvalue weighted by Gasteiger charge is 2.10. The lowest BCUT2D eigenvalue weighted by Crippen LogP contribution is -2.35. The van der Waals surface area contributed by atoms with Gasteiger partial charge in [0.1, 0.15) is 0 Å². The van der Waals surface area contributed by atoms with E-state index >= 15 is 0 Å². The summed E-state index contributed by atoms with van der Waals surface area (Å²) in [5.41, 5.74) is 0.111. The fourth-order valence-corrected chi connectivity index (χ4v) is 0. The van der Waals surface area contributed by atoms with Gasteiger partial charge in [-0.05, 0) is 27.8 Å². The first-order valence-electron chi connectivity index (χ1n) is 2.43. The van der Waals surface area contributed by atoms with Crippen molar-refractivity contribution in [2.45, 2.75) is 26.3 Å². The molecular weight excluding hydrogens is 84.9 g/mol. The Morgan fingerprint density at radius 3 is 1.43 bits per heavy atom. The first kappa shape index (κ1) is 7.02. The molecule has 0 fully saturated rings. The van der Waals surface area contributed by atoms with Crippen LogP contribution in [0.2, 0.25) is 0 Å². The third kappa shape index (κ3) is 2.69. The van der Waals surface area contributed by atoms with Gasteiger partial charge in [-0.1, -0.05) is 0 Å². The molecule has 0 atom stereocenters. The number of hydrogen-bond acceptors (Lipinski definition) is 1. The molecule has 0 aromatic heterocycles. The van der Waals surface area contributed by atoms with Crippen LogP contribution in [-0.4, -0.2) is 25.4 Å². The Bertz CT molecular complexity index is 53.6. The van der Waals surface area contributed by atoms with Gasteiger partial charge >= 0.3 is 0 Å². The maximum absolute atomic E-state index is 5.40. The Morgan fingerprint density at radius 1 is 1.29 bits per heavy atom. The monoisotopic (exact) mass is 97.1 g/mol. The maximum atomic E-state index is 5.40. The largest absolute Gasteiger partial charge is 0.352 e. The third-order valence-corrected chi connectivity index (χ3v) is 1.06. The first-order chi connectivity index (χ1) is 2.94. The van der Waals surface area contributed by atoms with Crippen molar-refractivity contribution in [2.24, 2.45) is 0 Å². The topological polar surface area (TPSA) is 3.24 Å². The average Bonchev–Trinajstić information content (AvgIpc) is 1.31. The summed E-state index contributed by atoms with van der Waals surface area (Å²) in [6.07, 6.45) is 0. The third-order valence-electron chi connectivity index (χ3n) is 1.06. The number of nitrogens with zero attached hydrogens (tertiary/aromatic N) is 1. The fourth-order valence-electron chi connectivity index (χ4n) is 0. The summed E-state index contributed by atoms with van der Waals surface area (Å²) in [5, 5.41) is 0. The van der Waals surface area contributed by atoms with Crippen LogP contribution in [0.15, 0.2) is 0 Å². The van der Waals surface area contributed by atoms with Crippen LogP contribution in [0, 0.1) is 0 Å². The first-order valence-corrected chi connectivity index (χ1v) is 2.43. The minimum Gasteiger partial charge on any atom is -0.352 e. The molecule has 0 N–H and O–H groups in total. The van der Waals surface area contributed by atoms with Gasteiger partial charge in [-0.3, -0.25) is 0 Å². The lowest BCUT2D eigenvalue weighted by Gasteiger charge is -2.28. The maximum Gasteiger partial charge on any atom is 0.182 e. The SMILES string of the molecule is [B]N(C)C(C)(C)C. The lowest BCUT2D eigenvalue weighted by molar-refractivity contribution is 0.306. The molecular formula is C5H12BN. The van der Waals surface area contributed by atoms with Crippen LogP contribution < -0.4 is 0 Å². The minimum atomic E-state index is 0.111. The van der Waals surface area contributed by atoms with E-state index in [-0.39, 0.29) is 5.54 Å². The van der Waals surface area contributed by atoms with Gasteiger partial charge in [0.2, 0.25) is 0 Å². The average molecular weight is 97.0 g/mol. The zero-order valence-corrected chi connectivity index (χ0v) is 5.52. The number of hydrogen-bond donors (Lipinski definition) is 0. The normalized spacial score (nSPS) is 12.7. The highest BCUT2D eigenvalue weighted by Crippen LogP contribution is 2.04. The van der Waals surface area contributed by atoms with Gasteiger partial charge in [-0.25, -0.2) is 0 Å². The molecule has 1 nitrogen and oxygen atoms in total. The molecule has 0 aromatic rings. The predicted octanol–water partition coefficient (Wildman–Crippen LogP) is 0.800. The van der Waals surface area contributed by atoms with E-state index in [9.17, 15) is 0 Å². The van der Waals surface area contributed by atoms with E-state index in [1.54, 1.807) is 4.81 Å². The van der Waals surface area contributed by atoms with Crippen molar-refractivity contribution in [2.75, 3.05) is 7.05 Å². The Morgan fingerprint density at radius 2 is 1.43 bits per heavy atom. The van der Waals surface area contributed by atoms with Gasteiger partial charge in [0.05, 0.1) is 0 Å². The van der Waals surface area contributed by atoms with Crippen LogP contribution >= 0.6 is 0 Å². The van der Waals surface area contributed by atoms with E-state index in [1.807, 2.05) is 7.05 Å². The zero-order chi connectivity index (χ0) is 6.08. The summed E-state index contributed by atoms with van der Waals surface area (Å²) in [6, 6.07) is 0. The zero-order valence-electron chi connectivity index (χ0n) is 5.52. The molecule has 7 heavy (non-hydrogen) atoms. The molecule has 0 heterocycles. The molecule has 0 saturated heterocycles. The van der Waals surface area contributed by atoms with Crippen LogP contribution in [0.1, 0.15) is 20.8 Å². The van der Waals surface area contributed by atoms with Crippen molar-refractivity contribution < 1.29 is 0 Å². The molecule has 0 aliphatic heterocycles. The molecule has 0 aromatic carbocycles. The quantitative estimate of drug-likeness (QED) is 0.404. The Hall–Kier alpha value is 0.0249. The summed E-state index contributed by atoms with van der Waals surface area (Å²) >= 11 is 0. The second kappa shape index (κ2) is 1.87. The molecule has 2 heteroatoms. The summed E-state index contributed by atoms with van der Waals surface area (Å²) in [7, 11) is 7.26. The summed E-state index contributed by atoms with van der Waals surface area (Å²) in [4.78, 5) is 1.69. The van der Waals surface area contributed by atoms with Crippen molar-refractivity contribution in [3.63, 3.8) is 0 Å². The second-order valence-electron chi connectivity index (χ2n) is 2.78. The molecule has 40 valence electrons. The summed E-state index contributed by atoms with van der Waals surface area (Å²) in [6.45, 7) is 6.19. The molecule has 2 radical (unpaired) electrons. The van der Waals surface area contributed by atoms with Gasteiger partial charge in [0.15, 0.2) is 7.98 Å². The van der Waals surface area contributed by atoms with Crippen molar-refractivity contribution in [3.8, 4) is 0 Å². The van der Waals surface area contributed by atoms with Crippen molar-refractivity contribution in [1.82, 2.24) is 4.81 Å². The van der Waals surface area contributed by atoms with Crippen molar-refractivity contribution in [1.29, 1.82) is 0 Å². The van der Waals surface area contributed by atoms with Gasteiger partial charge in [0.25, 0.3) is 0 Å². The molecule has 0 amide bonds. The molecule has 0 aliphatic rings. The van der Waals surface area contributed by atoms with Gasteiger partial charge in [-0.15, -0.1) is 0 Å². The lowest BCUT2D eigenvalue weighted by atomic mass is 10.0. The van der Waals surface area contributed by atoms with Crippen LogP contribution in [-0.2, 0) is 0 Å². The van der Waals surface area contributed by atoms with Crippen molar-refractivity contribution in [3.05, 3.63) is 0 Å². The van der Waals surface area contributed by atoms with E-state index in [0.29, 0.717) is 0 Å². The van der Waals surface area contributed by atoms with E-state index in [4.69, 9.17) is 7.98 Å². The van der Waals surface area contributed by atoms with E-state index in [1.165, 1.54) is 0 Å². The predicted molar refractivity (Wildman–Crippen MR) is 33.3 cm³/mol. The molecule has 0 unspecified atom stereocenters. The van der Waals surface area contributed by atoms with Gasteiger partial charge in [-0.2, -0.15) is 0 Å². The van der Waals surface area contributed by atoms with Crippen LogP contribution in [0.25, 0.3) is 0 Å². The van der Waals surface area contributed by atoms with Gasteiger partial charge in [0, 0.05) is 5.54 Å². The van der Waals surface area contributed by atoms with E-state index in [2.05, 4.69) is 20.8 Å². The molecule has 0 bridgehead atoms. The second-order valence-corrected chi connectivity index (χ2v) is 2.78. The van der Waals surface area contributed by atoms with Crippen molar-refractivity contribution >= 4 is 7.98 Å². The summed E-state index contributed by atoms with van der Waals surface area (Å²) < 4.78 is 0. The molecule has 0 spiro atoms. The Labute approximate surface area is 47.1 Å². The smallest absolute Gasteiger partial charge is 0.182 e. The summed E-state index contributed by atoms with van der Waals surface area (Å²) in [5.74, 6) is 0. The van der Waals surface area contributed by atoms with E-state index < -0.39 is 0 Å². The standard InChI is InChI=1S/C5H12BN/c1-5(2,3)7(4)6/h1-4H3. The van der Waals surface area contributed by atoms with Crippen LogP contribution in [0.5, 0.6) is 0 Å². The highest BCUT2D eigenvalue weighted by molar-refractivity contribution is 6.04. The minimum absolute atomic E-state index is 0.111. The molecule has 0 aliphatic carbocycles. The Balaban J connectivity index is 3.54. The van der Waals surface area contributed by atoms with Crippen LogP contribution in [0.3, 0.4) is 0 Å². The van der Waals surface area contributed by atoms with Gasteiger partial charge < -0.3 is 4.81 Å². The number of rotatable bonds is 0. The molecule has 0 saturated carbocycles. The fraction of sp³-hybridized carbons (Fsp3) is 1.00.